The van der Waals surface area contributed by atoms with Crippen LogP contribution < -0.4 is 0 Å². The number of imidazole rings is 1. The highest BCUT2D eigenvalue weighted by Gasteiger charge is 2.41. The summed E-state index contributed by atoms with van der Waals surface area (Å²) in [5.41, 5.74) is 3.05. The molecule has 21 heavy (non-hydrogen) atoms. The molecule has 0 spiro atoms. The van der Waals surface area contributed by atoms with Crippen LogP contribution in [0.1, 0.15) is 12.5 Å². The summed E-state index contributed by atoms with van der Waals surface area (Å²) in [7, 11) is 1.86. The van der Waals surface area contributed by atoms with E-state index in [1.165, 1.54) is 16.5 Å². The highest BCUT2D eigenvalue weighted by atomic mass is 16.2. The monoisotopic (exact) mass is 281 g/mol. The van der Waals surface area contributed by atoms with E-state index in [0.29, 0.717) is 6.42 Å². The minimum absolute atomic E-state index is 0.0527. The maximum Gasteiger partial charge on any atom is 0.439 e. The van der Waals surface area contributed by atoms with Gasteiger partial charge in [-0.15, -0.1) is 0 Å². The number of allylic oxidation sites excluding steroid dienone is 2. The molecule has 5 nitrogen and oxygen atoms in total. The molecule has 1 aromatic carbocycles. The lowest BCUT2D eigenvalue weighted by atomic mass is 10.1. The Morgan fingerprint density at radius 1 is 1.29 bits per heavy atom. The van der Waals surface area contributed by atoms with Crippen molar-refractivity contribution in [1.82, 2.24) is 9.55 Å². The van der Waals surface area contributed by atoms with Gasteiger partial charge in [0.2, 0.25) is 6.34 Å². The molecular weight excluding hydrogens is 264 g/mol. The third-order valence-electron chi connectivity index (χ3n) is 3.80. The number of hydrogen-bond acceptors (Lipinski definition) is 3. The van der Waals surface area contributed by atoms with E-state index < -0.39 is 0 Å². The zero-order chi connectivity index (χ0) is 14.9. The molecule has 1 aliphatic heterocycles. The lowest BCUT2D eigenvalue weighted by Gasteiger charge is -2.25. The van der Waals surface area contributed by atoms with E-state index in [-0.39, 0.29) is 10.5 Å². The normalized spacial score (nSPS) is 21.0. The second-order valence-electron chi connectivity index (χ2n) is 5.27. The minimum Gasteiger partial charge on any atom is -0.245 e. The Kier molecular flexibility index (Phi) is 3.27. The molecule has 2 aromatic rings. The molecule has 0 saturated heterocycles. The number of quaternary nitrogens is 1. The number of aromatic nitrogens is 2. The zero-order valence-electron chi connectivity index (χ0n) is 12.1. The van der Waals surface area contributed by atoms with Gasteiger partial charge < -0.3 is 0 Å². The lowest BCUT2D eigenvalue weighted by molar-refractivity contribution is -0.683. The van der Waals surface area contributed by atoms with Crippen molar-refractivity contribution in [1.29, 1.82) is 0 Å². The summed E-state index contributed by atoms with van der Waals surface area (Å²) in [5, 5.41) is 0. The summed E-state index contributed by atoms with van der Waals surface area (Å²) in [5.74, 6) is 0. The fraction of sp³-hybridized carbons (Fsp3) is 0.188. The maximum absolute atomic E-state index is 12.7. The predicted molar refractivity (Wildman–Crippen MR) is 80.5 cm³/mol. The Bertz CT molecular complexity index is 716. The molecule has 0 N–H and O–H groups in total. The van der Waals surface area contributed by atoms with Crippen molar-refractivity contribution in [3.05, 3.63) is 66.0 Å². The highest BCUT2D eigenvalue weighted by molar-refractivity contribution is 5.80. The quantitative estimate of drug-likeness (QED) is 0.795. The number of amides is 1. The Hall–Kier alpha value is -2.53. The third kappa shape index (κ3) is 2.32. The third-order valence-corrected chi connectivity index (χ3v) is 3.80. The van der Waals surface area contributed by atoms with Crippen molar-refractivity contribution < 1.29 is 9.28 Å². The average Bonchev–Trinajstić information content (AvgIpc) is 3.12. The van der Waals surface area contributed by atoms with Crippen molar-refractivity contribution >= 4 is 12.4 Å². The molecular formula is C16H17N4O+. The van der Waals surface area contributed by atoms with E-state index in [2.05, 4.69) is 22.1 Å². The van der Waals surface area contributed by atoms with Gasteiger partial charge in [0.05, 0.1) is 13.5 Å². The number of carbonyl (C=O) groups excluding carboxylic acids is 1. The first-order valence-corrected chi connectivity index (χ1v) is 6.80. The van der Waals surface area contributed by atoms with Gasteiger partial charge in [-0.2, -0.15) is 4.48 Å². The summed E-state index contributed by atoms with van der Waals surface area (Å²) in [6.45, 7) is 1.94. The molecule has 1 atom stereocenters. The Morgan fingerprint density at radius 2 is 2.05 bits per heavy atom. The first-order valence-electron chi connectivity index (χ1n) is 6.80. The van der Waals surface area contributed by atoms with Crippen LogP contribution in [0.5, 0.6) is 0 Å². The summed E-state index contributed by atoms with van der Waals surface area (Å²) >= 11 is 0. The minimum atomic E-state index is -0.0842. The van der Waals surface area contributed by atoms with Crippen LogP contribution in [0.2, 0.25) is 0 Å². The molecule has 0 saturated carbocycles. The maximum atomic E-state index is 12.7. The SMILES string of the molecule is CC1=C(Cc2ccccc2)[N+](C)(C(=O)n2ccnc2)C=N1. The van der Waals surface area contributed by atoms with Crippen LogP contribution in [0.4, 0.5) is 4.79 Å². The average molecular weight is 281 g/mol. The van der Waals surface area contributed by atoms with Crippen LogP contribution >= 0.6 is 0 Å². The smallest absolute Gasteiger partial charge is 0.245 e. The van der Waals surface area contributed by atoms with Gasteiger partial charge in [-0.3, -0.25) is 0 Å². The molecule has 0 aliphatic carbocycles. The van der Waals surface area contributed by atoms with Gasteiger partial charge in [0.1, 0.15) is 17.7 Å². The first kappa shape index (κ1) is 13.5. The van der Waals surface area contributed by atoms with E-state index in [9.17, 15) is 4.79 Å². The fourth-order valence-electron chi connectivity index (χ4n) is 2.54. The zero-order valence-corrected chi connectivity index (χ0v) is 12.1. The largest absolute Gasteiger partial charge is 0.439 e. The molecule has 2 heterocycles. The number of carbonyl (C=O) groups is 1. The standard InChI is InChI=1S/C16H17N4O/c1-13-15(10-14-6-4-3-5-7-14)20(2,12-18-13)16(21)19-9-8-17-11-19/h3-9,11-12H,10H2,1-2H3/q+1. The topological polar surface area (TPSA) is 47.2 Å². The van der Waals surface area contributed by atoms with Gasteiger partial charge >= 0.3 is 6.03 Å². The van der Waals surface area contributed by atoms with E-state index in [0.717, 1.165) is 11.4 Å². The van der Waals surface area contributed by atoms with Crippen LogP contribution in [-0.4, -0.2) is 33.5 Å². The number of benzene rings is 1. The number of hydrogen-bond donors (Lipinski definition) is 0. The molecule has 1 aliphatic rings. The Balaban J connectivity index is 1.95. The van der Waals surface area contributed by atoms with Crippen LogP contribution in [0.15, 0.2) is 65.4 Å². The predicted octanol–water partition coefficient (Wildman–Crippen LogP) is 2.81. The van der Waals surface area contributed by atoms with Gasteiger partial charge in [-0.25, -0.2) is 19.3 Å². The van der Waals surface area contributed by atoms with Crippen LogP contribution in [-0.2, 0) is 6.42 Å². The Morgan fingerprint density at radius 3 is 2.71 bits per heavy atom. The molecule has 106 valence electrons. The molecule has 1 aromatic heterocycles. The van der Waals surface area contributed by atoms with Gasteiger partial charge in [0.15, 0.2) is 0 Å². The molecule has 0 fully saturated rings. The molecule has 5 heteroatoms. The van der Waals surface area contributed by atoms with E-state index in [1.807, 2.05) is 32.2 Å². The van der Waals surface area contributed by atoms with Crippen molar-refractivity contribution in [2.75, 3.05) is 7.05 Å². The molecule has 0 radical (unpaired) electrons. The van der Waals surface area contributed by atoms with Crippen LogP contribution in [0.3, 0.4) is 0 Å². The van der Waals surface area contributed by atoms with Gasteiger partial charge in [0, 0.05) is 12.4 Å². The van der Waals surface area contributed by atoms with E-state index >= 15 is 0 Å². The number of likely N-dealkylation sites (N-methyl/N-ethyl adjacent to an activating group) is 1. The first-order chi connectivity index (χ1) is 10.1. The van der Waals surface area contributed by atoms with Gasteiger partial charge in [0.25, 0.3) is 0 Å². The van der Waals surface area contributed by atoms with Crippen molar-refractivity contribution in [2.45, 2.75) is 13.3 Å². The molecule has 3 rings (SSSR count). The summed E-state index contributed by atoms with van der Waals surface area (Å²) < 4.78 is 1.55. The van der Waals surface area contributed by atoms with E-state index in [4.69, 9.17) is 0 Å². The summed E-state index contributed by atoms with van der Waals surface area (Å²) in [4.78, 5) is 21.1. The number of nitrogens with zero attached hydrogens (tertiary/aromatic N) is 4. The molecule has 1 amide bonds. The second-order valence-corrected chi connectivity index (χ2v) is 5.27. The Labute approximate surface area is 123 Å². The van der Waals surface area contributed by atoms with Gasteiger partial charge in [-0.1, -0.05) is 30.3 Å². The summed E-state index contributed by atoms with van der Waals surface area (Å²) in [6.07, 6.45) is 7.17. The van der Waals surface area contributed by atoms with Gasteiger partial charge in [-0.05, 0) is 12.5 Å². The van der Waals surface area contributed by atoms with Crippen LogP contribution in [0.25, 0.3) is 0 Å². The number of rotatable bonds is 2. The highest BCUT2D eigenvalue weighted by Crippen LogP contribution is 2.28. The van der Waals surface area contributed by atoms with Crippen molar-refractivity contribution in [3.63, 3.8) is 0 Å². The summed E-state index contributed by atoms with van der Waals surface area (Å²) in [6, 6.07) is 10.0. The van der Waals surface area contributed by atoms with Crippen LogP contribution in [0, 0.1) is 0 Å². The van der Waals surface area contributed by atoms with E-state index in [1.54, 1.807) is 18.7 Å². The fourth-order valence-corrected chi connectivity index (χ4v) is 2.54. The molecule has 0 bridgehead atoms. The van der Waals surface area contributed by atoms with Crippen molar-refractivity contribution in [3.8, 4) is 0 Å². The lowest BCUT2D eigenvalue weighted by Crippen LogP contribution is -2.48. The van der Waals surface area contributed by atoms with Crippen molar-refractivity contribution in [2.24, 2.45) is 4.99 Å². The number of aliphatic imine (C=N–C) groups is 1. The molecule has 1 unspecified atom stereocenters. The second kappa shape index (κ2) is 5.10.